The number of hydrogen-bond acceptors (Lipinski definition) is 8. The quantitative estimate of drug-likeness (QED) is 0.647. The van der Waals surface area contributed by atoms with E-state index < -0.39 is 0 Å². The Labute approximate surface area is 195 Å². The molecule has 2 aliphatic rings. The van der Waals surface area contributed by atoms with Gasteiger partial charge in [0, 0.05) is 12.1 Å². The van der Waals surface area contributed by atoms with Gasteiger partial charge in [-0.25, -0.2) is 9.98 Å². The van der Waals surface area contributed by atoms with Gasteiger partial charge in [-0.3, -0.25) is 9.59 Å². The van der Waals surface area contributed by atoms with Gasteiger partial charge in [0.2, 0.25) is 5.91 Å². The van der Waals surface area contributed by atoms with Crippen molar-refractivity contribution in [2.75, 3.05) is 32.6 Å². The van der Waals surface area contributed by atoms with E-state index in [4.69, 9.17) is 4.74 Å². The molecule has 168 valence electrons. The number of ether oxygens (including phenoxy) is 1. The first kappa shape index (κ1) is 22.5. The second kappa shape index (κ2) is 9.85. The third kappa shape index (κ3) is 5.37. The Balaban J connectivity index is 1.41. The molecule has 0 aliphatic carbocycles. The molecule has 2 fully saturated rings. The Kier molecular flexibility index (Phi) is 6.92. The van der Waals surface area contributed by atoms with E-state index in [0.29, 0.717) is 15.2 Å². The van der Waals surface area contributed by atoms with Crippen molar-refractivity contribution in [2.24, 2.45) is 10.9 Å². The first-order valence-electron chi connectivity index (χ1n) is 10.3. The number of thiazole rings is 1. The highest BCUT2D eigenvalue weighted by Crippen LogP contribution is 2.32. The van der Waals surface area contributed by atoms with Gasteiger partial charge in [0.15, 0.2) is 10.3 Å². The molecule has 0 radical (unpaired) electrons. The Morgan fingerprint density at radius 2 is 2.16 bits per heavy atom. The molecule has 0 spiro atoms. The summed E-state index contributed by atoms with van der Waals surface area (Å²) in [6.45, 7) is 3.80. The Morgan fingerprint density at radius 1 is 1.38 bits per heavy atom. The predicted octanol–water partition coefficient (Wildman–Crippen LogP) is 3.63. The van der Waals surface area contributed by atoms with Crippen LogP contribution in [0.25, 0.3) is 6.08 Å². The minimum Gasteiger partial charge on any atom is -0.497 e. The predicted molar refractivity (Wildman–Crippen MR) is 130 cm³/mol. The maximum atomic E-state index is 12.5. The second-order valence-electron chi connectivity index (χ2n) is 7.77. The van der Waals surface area contributed by atoms with E-state index in [2.05, 4.69) is 32.6 Å². The summed E-state index contributed by atoms with van der Waals surface area (Å²) >= 11 is 2.63. The minimum atomic E-state index is -0.203. The third-order valence-electron chi connectivity index (χ3n) is 5.39. The number of thioether (sulfide) groups is 1. The summed E-state index contributed by atoms with van der Waals surface area (Å²) in [6.07, 6.45) is 5.15. The van der Waals surface area contributed by atoms with Gasteiger partial charge in [0.1, 0.15) is 5.75 Å². The number of carbonyl (C=O) groups is 2. The van der Waals surface area contributed by atoms with E-state index in [1.807, 2.05) is 25.1 Å². The molecule has 32 heavy (non-hydrogen) atoms. The van der Waals surface area contributed by atoms with Gasteiger partial charge in [-0.15, -0.1) is 0 Å². The highest BCUT2D eigenvalue weighted by molar-refractivity contribution is 8.18. The molecule has 3 heterocycles. The van der Waals surface area contributed by atoms with Crippen molar-refractivity contribution in [1.82, 2.24) is 15.2 Å². The van der Waals surface area contributed by atoms with Crippen molar-refractivity contribution in [3.8, 4) is 5.75 Å². The van der Waals surface area contributed by atoms with Crippen LogP contribution >= 0.6 is 23.1 Å². The third-order valence-corrected chi connectivity index (χ3v) is 7.16. The number of carbonyl (C=O) groups excluding carboxylic acids is 2. The highest BCUT2D eigenvalue weighted by Gasteiger charge is 2.26. The summed E-state index contributed by atoms with van der Waals surface area (Å²) in [5.41, 5.74) is 1.73. The molecule has 10 heteroatoms. The van der Waals surface area contributed by atoms with Crippen molar-refractivity contribution in [1.29, 1.82) is 0 Å². The first-order chi connectivity index (χ1) is 15.4. The fourth-order valence-corrected chi connectivity index (χ4v) is 5.15. The van der Waals surface area contributed by atoms with Crippen molar-refractivity contribution < 1.29 is 14.3 Å². The number of likely N-dealkylation sites (tertiary alicyclic amines) is 1. The molecule has 0 unspecified atom stereocenters. The van der Waals surface area contributed by atoms with E-state index in [0.717, 1.165) is 47.8 Å². The normalized spacial score (nSPS) is 20.0. The van der Waals surface area contributed by atoms with E-state index in [1.54, 1.807) is 19.4 Å². The number of nitrogens with zero attached hydrogens (tertiary/aromatic N) is 3. The smallest absolute Gasteiger partial charge is 0.264 e. The van der Waals surface area contributed by atoms with Gasteiger partial charge >= 0.3 is 0 Å². The molecular weight excluding hydrogens is 446 g/mol. The fraction of sp³-hybridized carbons (Fsp3) is 0.364. The number of amides is 2. The molecule has 2 saturated heterocycles. The van der Waals surface area contributed by atoms with Gasteiger partial charge < -0.3 is 20.3 Å². The SMILES string of the molecule is COc1ccc(/N=C2/NC(=O)/C(=C/c3cnc(NC(=O)C4CCN(C)CC4)s3)S2)c(C)c1. The number of anilines is 1. The average Bonchev–Trinajstić information content (AvgIpc) is 3.36. The molecule has 2 aliphatic heterocycles. The van der Waals surface area contributed by atoms with Gasteiger partial charge in [-0.05, 0) is 81.5 Å². The van der Waals surface area contributed by atoms with E-state index in [-0.39, 0.29) is 17.7 Å². The minimum absolute atomic E-state index is 0.0175. The summed E-state index contributed by atoms with van der Waals surface area (Å²) in [5.74, 6) is 0.599. The maximum absolute atomic E-state index is 12.5. The molecule has 0 atom stereocenters. The standard InChI is InChI=1S/C22H25N5O3S2/c1-13-10-15(30-3)4-5-17(13)24-22-26-20(29)18(32-22)11-16-12-23-21(31-16)25-19(28)14-6-8-27(2)9-7-14/h4-5,10-12,14H,6-9H2,1-3H3,(H,23,25,28)(H,24,26,29)/b18-11-. The van der Waals surface area contributed by atoms with E-state index in [9.17, 15) is 9.59 Å². The number of aryl methyl sites for hydroxylation is 1. The number of aromatic nitrogens is 1. The monoisotopic (exact) mass is 471 g/mol. The van der Waals surface area contributed by atoms with Crippen LogP contribution in [0, 0.1) is 12.8 Å². The van der Waals surface area contributed by atoms with E-state index >= 15 is 0 Å². The highest BCUT2D eigenvalue weighted by atomic mass is 32.2. The molecule has 2 N–H and O–H groups in total. The number of benzene rings is 1. The van der Waals surface area contributed by atoms with Crippen LogP contribution in [0.5, 0.6) is 5.75 Å². The number of piperidine rings is 1. The van der Waals surface area contributed by atoms with Crippen LogP contribution in [-0.4, -0.2) is 54.1 Å². The lowest BCUT2D eigenvalue weighted by molar-refractivity contribution is -0.121. The summed E-state index contributed by atoms with van der Waals surface area (Å²) < 4.78 is 5.22. The van der Waals surface area contributed by atoms with Crippen molar-refractivity contribution in [3.63, 3.8) is 0 Å². The maximum Gasteiger partial charge on any atom is 0.264 e. The fourth-order valence-electron chi connectivity index (χ4n) is 3.49. The molecule has 2 aromatic rings. The molecule has 2 amide bonds. The Morgan fingerprint density at radius 3 is 2.88 bits per heavy atom. The number of hydrogen-bond donors (Lipinski definition) is 2. The van der Waals surface area contributed by atoms with Crippen LogP contribution in [0.1, 0.15) is 23.3 Å². The lowest BCUT2D eigenvalue weighted by atomic mass is 9.96. The zero-order valence-electron chi connectivity index (χ0n) is 18.2. The Bertz CT molecular complexity index is 1090. The largest absolute Gasteiger partial charge is 0.497 e. The number of rotatable bonds is 5. The zero-order chi connectivity index (χ0) is 22.7. The molecule has 1 aromatic heterocycles. The van der Waals surface area contributed by atoms with Crippen molar-refractivity contribution >= 4 is 57.0 Å². The van der Waals surface area contributed by atoms with Gasteiger partial charge in [0.25, 0.3) is 5.91 Å². The van der Waals surface area contributed by atoms with Crippen LogP contribution in [-0.2, 0) is 9.59 Å². The number of methoxy groups -OCH3 is 1. The number of aliphatic imine (C=N–C) groups is 1. The molecular formula is C22H25N5O3S2. The van der Waals surface area contributed by atoms with Gasteiger partial charge in [-0.1, -0.05) is 11.3 Å². The van der Waals surface area contributed by atoms with E-state index in [1.165, 1.54) is 23.1 Å². The molecule has 4 rings (SSSR count). The van der Waals surface area contributed by atoms with Gasteiger partial charge in [0.05, 0.1) is 22.6 Å². The second-order valence-corrected chi connectivity index (χ2v) is 9.86. The van der Waals surface area contributed by atoms with Crippen molar-refractivity contribution in [3.05, 3.63) is 39.7 Å². The van der Waals surface area contributed by atoms with Crippen LogP contribution in [0.15, 0.2) is 34.3 Å². The summed E-state index contributed by atoms with van der Waals surface area (Å²) in [7, 11) is 3.69. The Hall–Kier alpha value is -2.69. The average molecular weight is 472 g/mol. The topological polar surface area (TPSA) is 95.9 Å². The summed E-state index contributed by atoms with van der Waals surface area (Å²) in [4.78, 5) is 37.3. The van der Waals surface area contributed by atoms with Crippen LogP contribution in [0.2, 0.25) is 0 Å². The molecule has 0 saturated carbocycles. The summed E-state index contributed by atoms with van der Waals surface area (Å²) in [6, 6.07) is 5.59. The molecule has 1 aromatic carbocycles. The molecule has 0 bridgehead atoms. The van der Waals surface area contributed by atoms with Crippen LogP contribution < -0.4 is 15.4 Å². The lowest BCUT2D eigenvalue weighted by Crippen LogP contribution is -2.35. The van der Waals surface area contributed by atoms with Crippen LogP contribution in [0.4, 0.5) is 10.8 Å². The number of amidine groups is 1. The molecule has 8 nitrogen and oxygen atoms in total. The van der Waals surface area contributed by atoms with Crippen LogP contribution in [0.3, 0.4) is 0 Å². The number of nitrogens with one attached hydrogen (secondary N) is 2. The van der Waals surface area contributed by atoms with Gasteiger partial charge in [-0.2, -0.15) is 0 Å². The summed E-state index contributed by atoms with van der Waals surface area (Å²) in [5, 5.41) is 6.79. The van der Waals surface area contributed by atoms with Crippen molar-refractivity contribution in [2.45, 2.75) is 19.8 Å². The first-order valence-corrected chi connectivity index (χ1v) is 11.9. The lowest BCUT2D eigenvalue weighted by Gasteiger charge is -2.27. The zero-order valence-corrected chi connectivity index (χ0v) is 19.8.